The molecule has 1 saturated carbocycles. The van der Waals surface area contributed by atoms with E-state index < -0.39 is 64.8 Å². The van der Waals surface area contributed by atoms with E-state index in [1.165, 1.54) is 0 Å². The van der Waals surface area contributed by atoms with Crippen molar-refractivity contribution in [2.24, 2.45) is 28.6 Å². The van der Waals surface area contributed by atoms with Crippen LogP contribution in [0, 0.1) is 39.9 Å². The monoisotopic (exact) mass is 513 g/mol. The zero-order chi connectivity index (χ0) is 27.7. The summed E-state index contributed by atoms with van der Waals surface area (Å²) >= 11 is 0. The minimum Gasteiger partial charge on any atom is -0.351 e. The first-order valence-electron chi connectivity index (χ1n) is 12.4. The van der Waals surface area contributed by atoms with Crippen LogP contribution >= 0.6 is 0 Å². The molecule has 1 heterocycles. The molecular formula is C26H38F3N3O4. The molecule has 0 aromatic carbocycles. The third-order valence-corrected chi connectivity index (χ3v) is 7.38. The van der Waals surface area contributed by atoms with Crippen molar-refractivity contribution >= 4 is 23.4 Å². The van der Waals surface area contributed by atoms with Gasteiger partial charge in [0.05, 0.1) is 6.07 Å². The Morgan fingerprint density at radius 2 is 1.72 bits per heavy atom. The second kappa shape index (κ2) is 10.5. The molecule has 4 atom stereocenters. The Hall–Kier alpha value is -2.44. The number of hydrogen-bond donors (Lipinski definition) is 2. The number of carbonyl (C=O) groups excluding carboxylic acids is 4. The van der Waals surface area contributed by atoms with E-state index in [2.05, 4.69) is 10.6 Å². The van der Waals surface area contributed by atoms with E-state index in [9.17, 15) is 37.6 Å². The standard InChI is InChI=1S/C26H38F3N3O4/c1-23(2,3)18(11-20(34)26(27,28)29)19(33)10-16(13-25(6)7-8-25)21(35)31-17(14-30)9-15-12-24(4,5)32-22(15)36/h15-18H,7-13H2,1-6H3,(H,31,35)(H,32,36)/t15?,16?,17?,18-/m1/s1. The van der Waals surface area contributed by atoms with Gasteiger partial charge in [-0.3, -0.25) is 19.2 Å². The van der Waals surface area contributed by atoms with E-state index in [0.717, 1.165) is 12.8 Å². The second-order valence-corrected chi connectivity index (χ2v) is 12.6. The molecule has 2 aliphatic rings. The van der Waals surface area contributed by atoms with Crippen molar-refractivity contribution in [3.05, 3.63) is 0 Å². The zero-order valence-corrected chi connectivity index (χ0v) is 22.0. The van der Waals surface area contributed by atoms with Crippen LogP contribution in [0.4, 0.5) is 13.2 Å². The molecule has 7 nitrogen and oxygen atoms in total. The maximum absolute atomic E-state index is 13.2. The molecule has 2 amide bonds. The van der Waals surface area contributed by atoms with Gasteiger partial charge in [0.2, 0.25) is 17.6 Å². The molecule has 202 valence electrons. The summed E-state index contributed by atoms with van der Waals surface area (Å²) in [6.07, 6.45) is -3.61. The fourth-order valence-electron chi connectivity index (χ4n) is 4.96. The van der Waals surface area contributed by atoms with Crippen LogP contribution in [0.3, 0.4) is 0 Å². The van der Waals surface area contributed by atoms with E-state index in [1.807, 2.05) is 26.8 Å². The molecule has 36 heavy (non-hydrogen) atoms. The number of nitrogens with zero attached hydrogens (tertiary/aromatic N) is 1. The molecule has 1 saturated heterocycles. The number of nitriles is 1. The van der Waals surface area contributed by atoms with E-state index in [1.54, 1.807) is 20.8 Å². The number of hydrogen-bond acceptors (Lipinski definition) is 5. The zero-order valence-electron chi connectivity index (χ0n) is 22.0. The lowest BCUT2D eigenvalue weighted by Crippen LogP contribution is -2.42. The Labute approximate surface area is 210 Å². The van der Waals surface area contributed by atoms with Gasteiger partial charge in [0.25, 0.3) is 0 Å². The van der Waals surface area contributed by atoms with Crippen molar-refractivity contribution in [1.29, 1.82) is 5.26 Å². The molecule has 1 aliphatic heterocycles. The van der Waals surface area contributed by atoms with Crippen molar-refractivity contribution in [1.82, 2.24) is 10.6 Å². The van der Waals surface area contributed by atoms with E-state index >= 15 is 0 Å². The average molecular weight is 514 g/mol. The highest BCUT2D eigenvalue weighted by atomic mass is 19.4. The number of halogens is 3. The quantitative estimate of drug-likeness (QED) is 0.429. The van der Waals surface area contributed by atoms with Crippen LogP contribution in [0.15, 0.2) is 0 Å². The van der Waals surface area contributed by atoms with Gasteiger partial charge in [0, 0.05) is 36.1 Å². The maximum Gasteiger partial charge on any atom is 0.449 e. The second-order valence-electron chi connectivity index (χ2n) is 12.6. The van der Waals surface area contributed by atoms with E-state index in [4.69, 9.17) is 0 Å². The Balaban J connectivity index is 2.16. The summed E-state index contributed by atoms with van der Waals surface area (Å²) in [7, 11) is 0. The number of rotatable bonds is 11. The minimum absolute atomic E-state index is 0.125. The predicted octanol–water partition coefficient (Wildman–Crippen LogP) is 4.25. The van der Waals surface area contributed by atoms with Gasteiger partial charge in [-0.15, -0.1) is 0 Å². The lowest BCUT2D eigenvalue weighted by atomic mass is 9.72. The summed E-state index contributed by atoms with van der Waals surface area (Å²) in [5.74, 6) is -5.75. The van der Waals surface area contributed by atoms with E-state index in [-0.39, 0.29) is 24.2 Å². The van der Waals surface area contributed by atoms with Gasteiger partial charge in [-0.25, -0.2) is 0 Å². The largest absolute Gasteiger partial charge is 0.449 e. The lowest BCUT2D eigenvalue weighted by Gasteiger charge is -2.31. The molecule has 2 fully saturated rings. The number of amides is 2. The molecule has 3 unspecified atom stereocenters. The van der Waals surface area contributed by atoms with Crippen molar-refractivity contribution in [2.75, 3.05) is 0 Å². The van der Waals surface area contributed by atoms with Crippen LogP contribution in [0.1, 0.15) is 86.5 Å². The van der Waals surface area contributed by atoms with Crippen LogP contribution < -0.4 is 10.6 Å². The first-order chi connectivity index (χ1) is 16.3. The highest BCUT2D eigenvalue weighted by Crippen LogP contribution is 2.51. The highest BCUT2D eigenvalue weighted by Gasteiger charge is 2.46. The van der Waals surface area contributed by atoms with Crippen LogP contribution in [0.2, 0.25) is 0 Å². The molecule has 10 heteroatoms. The molecule has 0 radical (unpaired) electrons. The summed E-state index contributed by atoms with van der Waals surface area (Å²) in [6, 6.07) is 1.07. The summed E-state index contributed by atoms with van der Waals surface area (Å²) in [6.45, 7) is 10.5. The highest BCUT2D eigenvalue weighted by molar-refractivity contribution is 5.93. The van der Waals surface area contributed by atoms with Gasteiger partial charge in [0.15, 0.2) is 0 Å². The molecule has 2 rings (SSSR count). The van der Waals surface area contributed by atoms with Crippen LogP contribution in [-0.4, -0.2) is 41.1 Å². The number of carbonyl (C=O) groups is 4. The average Bonchev–Trinajstić information content (AvgIpc) is 3.37. The smallest absolute Gasteiger partial charge is 0.351 e. The van der Waals surface area contributed by atoms with Crippen LogP contribution in [0.25, 0.3) is 0 Å². The first-order valence-corrected chi connectivity index (χ1v) is 12.4. The van der Waals surface area contributed by atoms with Crippen LogP contribution in [0.5, 0.6) is 0 Å². The van der Waals surface area contributed by atoms with Crippen molar-refractivity contribution in [3.8, 4) is 6.07 Å². The predicted molar refractivity (Wildman–Crippen MR) is 126 cm³/mol. The van der Waals surface area contributed by atoms with Gasteiger partial charge >= 0.3 is 6.18 Å². The fraction of sp³-hybridized carbons (Fsp3) is 0.808. The molecule has 0 bridgehead atoms. The summed E-state index contributed by atoms with van der Waals surface area (Å²) in [5.41, 5.74) is -1.48. The summed E-state index contributed by atoms with van der Waals surface area (Å²) in [4.78, 5) is 50.4. The fourth-order valence-corrected chi connectivity index (χ4v) is 4.96. The van der Waals surface area contributed by atoms with Gasteiger partial charge < -0.3 is 10.6 Å². The topological polar surface area (TPSA) is 116 Å². The Morgan fingerprint density at radius 3 is 2.14 bits per heavy atom. The van der Waals surface area contributed by atoms with Crippen molar-refractivity contribution < 1.29 is 32.3 Å². The van der Waals surface area contributed by atoms with Gasteiger partial charge in [0.1, 0.15) is 11.8 Å². The van der Waals surface area contributed by atoms with Crippen molar-refractivity contribution in [2.45, 2.75) is 104 Å². The molecule has 0 aromatic rings. The molecular weight excluding hydrogens is 475 g/mol. The van der Waals surface area contributed by atoms with Crippen molar-refractivity contribution in [3.63, 3.8) is 0 Å². The van der Waals surface area contributed by atoms with Gasteiger partial charge in [-0.05, 0) is 56.8 Å². The third-order valence-electron chi connectivity index (χ3n) is 7.38. The third kappa shape index (κ3) is 8.31. The first kappa shape index (κ1) is 29.8. The Kier molecular flexibility index (Phi) is 8.69. The number of Topliss-reactive ketones (excluding diaryl/α,β-unsaturated/α-hetero) is 2. The summed E-state index contributed by atoms with van der Waals surface area (Å²) in [5, 5.41) is 15.1. The maximum atomic E-state index is 13.2. The van der Waals surface area contributed by atoms with E-state index in [0.29, 0.717) is 12.8 Å². The number of alkyl halides is 3. The molecule has 1 aliphatic carbocycles. The number of ketones is 2. The van der Waals surface area contributed by atoms with Crippen LogP contribution in [-0.2, 0) is 19.2 Å². The van der Waals surface area contributed by atoms with Gasteiger partial charge in [-0.2, -0.15) is 18.4 Å². The molecule has 0 aromatic heterocycles. The molecule has 2 N–H and O–H groups in total. The SMILES string of the molecule is CC1(CC(CC(=O)[C@@H](CC(=O)C(F)(F)F)C(C)(C)C)C(=O)NC(C#N)CC2CC(C)(C)NC2=O)CC1. The Morgan fingerprint density at radius 1 is 1.14 bits per heavy atom. The minimum atomic E-state index is -5.04. The Bertz CT molecular complexity index is 926. The summed E-state index contributed by atoms with van der Waals surface area (Å²) < 4.78 is 38.8. The van der Waals surface area contributed by atoms with Gasteiger partial charge in [-0.1, -0.05) is 27.7 Å². The number of nitrogens with one attached hydrogen (secondary N) is 2. The lowest BCUT2D eigenvalue weighted by molar-refractivity contribution is -0.173. The normalized spacial score (nSPS) is 23.1. The molecule has 0 spiro atoms.